The number of carboxylic acid groups (broad SMARTS) is 1. The summed E-state index contributed by atoms with van der Waals surface area (Å²) in [6.07, 6.45) is 4.46. The minimum atomic E-state index is -0.843. The van der Waals surface area contributed by atoms with Crippen molar-refractivity contribution in [1.82, 2.24) is 9.88 Å². The number of carboxylic acids is 1. The van der Waals surface area contributed by atoms with E-state index in [9.17, 15) is 9.59 Å². The Morgan fingerprint density at radius 1 is 1.48 bits per heavy atom. The van der Waals surface area contributed by atoms with Crippen LogP contribution in [0.15, 0.2) is 28.4 Å². The van der Waals surface area contributed by atoms with Gasteiger partial charge in [-0.2, -0.15) is 0 Å². The van der Waals surface area contributed by atoms with Gasteiger partial charge in [0.15, 0.2) is 0 Å². The van der Waals surface area contributed by atoms with E-state index in [1.807, 2.05) is 0 Å². The van der Waals surface area contributed by atoms with Gasteiger partial charge in [-0.05, 0) is 18.9 Å². The van der Waals surface area contributed by atoms with Crippen LogP contribution in [0.5, 0.6) is 0 Å². The largest absolute Gasteiger partial charge is 0.481 e. The Morgan fingerprint density at radius 3 is 3.05 bits per heavy atom. The van der Waals surface area contributed by atoms with Gasteiger partial charge in [-0.3, -0.25) is 9.59 Å². The van der Waals surface area contributed by atoms with Gasteiger partial charge in [-0.15, -0.1) is 11.3 Å². The van der Waals surface area contributed by atoms with E-state index in [-0.39, 0.29) is 12.5 Å². The van der Waals surface area contributed by atoms with Gasteiger partial charge in [0.25, 0.3) is 5.91 Å². The van der Waals surface area contributed by atoms with E-state index >= 15 is 0 Å². The number of nitrogens with zero attached hydrogens (tertiary/aromatic N) is 2. The highest BCUT2D eigenvalue weighted by Crippen LogP contribution is 2.25. The van der Waals surface area contributed by atoms with E-state index in [1.165, 1.54) is 11.3 Å². The van der Waals surface area contributed by atoms with Crippen LogP contribution >= 0.6 is 11.3 Å². The average Bonchev–Trinajstić information content (AvgIpc) is 3.17. The lowest BCUT2D eigenvalue weighted by molar-refractivity contribution is -0.143. The van der Waals surface area contributed by atoms with Gasteiger partial charge in [-0.1, -0.05) is 0 Å². The second-order valence-electron chi connectivity index (χ2n) is 4.98. The fourth-order valence-electron chi connectivity index (χ4n) is 2.42. The van der Waals surface area contributed by atoms with Crippen LogP contribution in [0, 0.1) is 5.92 Å². The maximum absolute atomic E-state index is 12.4. The number of carbonyl (C=O) groups excluding carboxylic acids is 1. The molecule has 1 fully saturated rings. The molecule has 7 heteroatoms. The smallest absolute Gasteiger partial charge is 0.308 e. The van der Waals surface area contributed by atoms with Crippen LogP contribution in [-0.4, -0.2) is 40.0 Å². The number of aliphatic carboxylic acids is 1. The van der Waals surface area contributed by atoms with E-state index in [0.29, 0.717) is 25.1 Å². The highest BCUT2D eigenvalue weighted by Gasteiger charge is 2.29. The molecule has 2 aromatic rings. The molecule has 0 bridgehead atoms. The van der Waals surface area contributed by atoms with Crippen molar-refractivity contribution in [3.8, 4) is 10.6 Å². The molecule has 1 aliphatic rings. The molecule has 0 unspecified atom stereocenters. The first-order chi connectivity index (χ1) is 10.1. The summed E-state index contributed by atoms with van der Waals surface area (Å²) in [5.41, 5.74) is 1.20. The topological polar surface area (TPSA) is 83.6 Å². The Labute approximate surface area is 125 Å². The number of amides is 1. The molecular weight excluding hydrogens is 292 g/mol. The minimum absolute atomic E-state index is 0.202. The molecule has 1 N–H and O–H groups in total. The number of aromatic nitrogens is 1. The number of thiazole rings is 1. The lowest BCUT2D eigenvalue weighted by Gasteiger charge is -2.30. The van der Waals surface area contributed by atoms with E-state index in [0.717, 1.165) is 10.6 Å². The first-order valence-corrected chi connectivity index (χ1v) is 7.53. The zero-order valence-electron chi connectivity index (χ0n) is 11.2. The van der Waals surface area contributed by atoms with Gasteiger partial charge in [0, 0.05) is 24.0 Å². The number of furan rings is 1. The van der Waals surface area contributed by atoms with Gasteiger partial charge in [0.05, 0.1) is 12.2 Å². The SMILES string of the molecule is O=C(O)[C@H]1CCCN(C(=O)c2csc(-c3ccoc3)n2)C1. The second-order valence-corrected chi connectivity index (χ2v) is 5.84. The van der Waals surface area contributed by atoms with Gasteiger partial charge in [0.1, 0.15) is 17.0 Å². The molecule has 3 heterocycles. The lowest BCUT2D eigenvalue weighted by Crippen LogP contribution is -2.42. The maximum atomic E-state index is 12.4. The van der Waals surface area contributed by atoms with Gasteiger partial charge < -0.3 is 14.4 Å². The highest BCUT2D eigenvalue weighted by molar-refractivity contribution is 7.13. The average molecular weight is 306 g/mol. The number of likely N-dealkylation sites (tertiary alicyclic amines) is 1. The van der Waals surface area contributed by atoms with Crippen molar-refractivity contribution in [2.24, 2.45) is 5.92 Å². The highest BCUT2D eigenvalue weighted by atomic mass is 32.1. The molecule has 1 atom stereocenters. The molecule has 0 spiro atoms. The molecule has 3 rings (SSSR count). The third kappa shape index (κ3) is 2.82. The normalized spacial score (nSPS) is 18.7. The Morgan fingerprint density at radius 2 is 2.33 bits per heavy atom. The van der Waals surface area contributed by atoms with E-state index in [4.69, 9.17) is 9.52 Å². The molecule has 6 nitrogen and oxygen atoms in total. The monoisotopic (exact) mass is 306 g/mol. The van der Waals surface area contributed by atoms with Gasteiger partial charge >= 0.3 is 5.97 Å². The van der Waals surface area contributed by atoms with E-state index < -0.39 is 11.9 Å². The molecule has 2 aromatic heterocycles. The molecule has 1 saturated heterocycles. The zero-order chi connectivity index (χ0) is 14.8. The van der Waals surface area contributed by atoms with Crippen LogP contribution < -0.4 is 0 Å². The second kappa shape index (κ2) is 5.69. The molecule has 0 aromatic carbocycles. The first kappa shape index (κ1) is 13.8. The molecular formula is C14H14N2O4S. The quantitative estimate of drug-likeness (QED) is 0.941. The number of piperidine rings is 1. The summed E-state index contributed by atoms with van der Waals surface area (Å²) >= 11 is 1.37. The van der Waals surface area contributed by atoms with Crippen molar-refractivity contribution in [3.63, 3.8) is 0 Å². The number of carbonyl (C=O) groups is 2. The van der Waals surface area contributed by atoms with Crippen LogP contribution in [0.2, 0.25) is 0 Å². The summed E-state index contributed by atoms with van der Waals surface area (Å²) in [6, 6.07) is 1.79. The minimum Gasteiger partial charge on any atom is -0.481 e. The number of hydrogen-bond acceptors (Lipinski definition) is 5. The van der Waals surface area contributed by atoms with E-state index in [2.05, 4.69) is 4.98 Å². The van der Waals surface area contributed by atoms with Crippen LogP contribution in [0.4, 0.5) is 0 Å². The predicted molar refractivity (Wildman–Crippen MR) is 76.1 cm³/mol. The lowest BCUT2D eigenvalue weighted by atomic mass is 9.98. The van der Waals surface area contributed by atoms with Gasteiger partial charge in [-0.25, -0.2) is 4.98 Å². The zero-order valence-corrected chi connectivity index (χ0v) is 12.0. The van der Waals surface area contributed by atoms with Crippen molar-refractivity contribution in [2.75, 3.05) is 13.1 Å². The third-order valence-corrected chi connectivity index (χ3v) is 4.44. The molecule has 110 valence electrons. The van der Waals surface area contributed by atoms with Crippen molar-refractivity contribution in [1.29, 1.82) is 0 Å². The Kier molecular flexibility index (Phi) is 3.74. The molecule has 1 amide bonds. The Hall–Kier alpha value is -2.15. The summed E-state index contributed by atoms with van der Waals surface area (Å²) in [6.45, 7) is 0.841. The van der Waals surface area contributed by atoms with Crippen LogP contribution in [-0.2, 0) is 4.79 Å². The Balaban J connectivity index is 1.74. The van der Waals surface area contributed by atoms with Crippen LogP contribution in [0.25, 0.3) is 10.6 Å². The van der Waals surface area contributed by atoms with Crippen LogP contribution in [0.3, 0.4) is 0 Å². The third-order valence-electron chi connectivity index (χ3n) is 3.55. The van der Waals surface area contributed by atoms with Gasteiger partial charge in [0.2, 0.25) is 0 Å². The number of rotatable bonds is 3. The van der Waals surface area contributed by atoms with Crippen molar-refractivity contribution in [3.05, 3.63) is 29.7 Å². The molecule has 0 aliphatic carbocycles. The fraction of sp³-hybridized carbons (Fsp3) is 0.357. The maximum Gasteiger partial charge on any atom is 0.308 e. The predicted octanol–water partition coefficient (Wildman–Crippen LogP) is 2.34. The van der Waals surface area contributed by atoms with Crippen molar-refractivity contribution < 1.29 is 19.1 Å². The summed E-state index contributed by atoms with van der Waals surface area (Å²) in [5.74, 6) is -1.52. The Bertz CT molecular complexity index is 650. The summed E-state index contributed by atoms with van der Waals surface area (Å²) in [5, 5.41) is 11.5. The number of hydrogen-bond donors (Lipinski definition) is 1. The van der Waals surface area contributed by atoms with Crippen LogP contribution in [0.1, 0.15) is 23.3 Å². The summed E-state index contributed by atoms with van der Waals surface area (Å²) in [7, 11) is 0. The molecule has 0 radical (unpaired) electrons. The fourth-order valence-corrected chi connectivity index (χ4v) is 3.20. The molecule has 21 heavy (non-hydrogen) atoms. The molecule has 0 saturated carbocycles. The molecule has 1 aliphatic heterocycles. The first-order valence-electron chi connectivity index (χ1n) is 6.65. The summed E-state index contributed by atoms with van der Waals surface area (Å²) in [4.78, 5) is 29.4. The van der Waals surface area contributed by atoms with Crippen molar-refractivity contribution >= 4 is 23.2 Å². The summed E-state index contributed by atoms with van der Waals surface area (Å²) < 4.78 is 5.00. The van der Waals surface area contributed by atoms with E-state index in [1.54, 1.807) is 28.9 Å². The standard InChI is InChI=1S/C14H14N2O4S/c17-13(16-4-1-2-9(6-16)14(18)19)11-8-21-12(15-11)10-3-5-20-7-10/h3,5,7-9H,1-2,4,6H2,(H,18,19)/t9-/m0/s1. The van der Waals surface area contributed by atoms with Crippen molar-refractivity contribution in [2.45, 2.75) is 12.8 Å².